The maximum absolute atomic E-state index is 2.53. The van der Waals surface area contributed by atoms with Crippen molar-refractivity contribution in [1.29, 1.82) is 0 Å². The summed E-state index contributed by atoms with van der Waals surface area (Å²) in [5.41, 5.74) is 0. The fraction of sp³-hybridized carbons (Fsp3) is 0.636. The summed E-state index contributed by atoms with van der Waals surface area (Å²) < 4.78 is 2.25. The zero-order valence-corrected chi connectivity index (χ0v) is 23.8. The van der Waals surface area contributed by atoms with Crippen molar-refractivity contribution >= 4 is 16.6 Å². The van der Waals surface area contributed by atoms with Crippen molar-refractivity contribution in [2.75, 3.05) is 0 Å². The van der Waals surface area contributed by atoms with Gasteiger partial charge < -0.3 is 24.8 Å². The van der Waals surface area contributed by atoms with Gasteiger partial charge in [-0.2, -0.15) is 0 Å². The standard InChI is InChI=1S/2C9H11.C4H14Si2.2ClH.Zr/c2*1-2-5-9-7-3-6-8(9)4-1;1-5-6(2,3)4;;;/h2*1-2,4-6,8-9H,3,7H2;5H2,1-4H3;2*1H;/q;;;;;+2/p-2. The summed E-state index contributed by atoms with van der Waals surface area (Å²) in [4.78, 5) is 0. The van der Waals surface area contributed by atoms with Gasteiger partial charge in [0.05, 0.1) is 0 Å². The molecule has 0 amide bonds. The van der Waals surface area contributed by atoms with Crippen molar-refractivity contribution in [3.05, 3.63) is 48.6 Å². The van der Waals surface area contributed by atoms with Crippen LogP contribution in [0.4, 0.5) is 0 Å². The molecule has 2 fully saturated rings. The molecule has 0 aromatic heterocycles. The molecule has 4 aliphatic carbocycles. The first-order valence-electron chi connectivity index (χ1n) is 10.4. The van der Waals surface area contributed by atoms with Crippen LogP contribution in [0, 0.1) is 23.7 Å². The molecule has 0 radical (unpaired) electrons. The Labute approximate surface area is 194 Å². The monoisotopic (exact) mass is 516 g/mol. The molecule has 0 aromatic carbocycles. The predicted octanol–water partition coefficient (Wildman–Crippen LogP) is -0.00350. The first-order chi connectivity index (χ1) is 12.0. The smallest absolute Gasteiger partial charge is 0.0307 e. The molecule has 0 bridgehead atoms. The molecular weight excluding hydrogens is 483 g/mol. The summed E-state index contributed by atoms with van der Waals surface area (Å²) in [5.74, 6) is 3.65. The Kier molecular flexibility index (Phi) is 11.4. The summed E-state index contributed by atoms with van der Waals surface area (Å²) in [6.45, 7) is 9.74. The van der Waals surface area contributed by atoms with Crippen LogP contribution >= 0.6 is 0 Å². The van der Waals surface area contributed by atoms with Crippen molar-refractivity contribution in [1.82, 2.24) is 0 Å². The second-order valence-corrected chi connectivity index (χ2v) is 28.2. The number of halogens is 2. The minimum absolute atomic E-state index is 0. The van der Waals surface area contributed by atoms with Crippen molar-refractivity contribution < 1.29 is 48.0 Å². The number of rotatable bonds is 3. The first-order valence-corrected chi connectivity index (χ1v) is 20.5. The number of fused-ring (bicyclic) bond motifs is 2. The molecule has 4 rings (SSSR count). The van der Waals surface area contributed by atoms with E-state index in [2.05, 4.69) is 74.8 Å². The molecule has 6 atom stereocenters. The molecule has 0 heterocycles. The van der Waals surface area contributed by atoms with Crippen LogP contribution in [0.25, 0.3) is 0 Å². The molecule has 2 saturated carbocycles. The van der Waals surface area contributed by atoms with Gasteiger partial charge in [0, 0.05) is 16.6 Å². The van der Waals surface area contributed by atoms with E-state index in [1.54, 1.807) is 0 Å². The fourth-order valence-corrected chi connectivity index (χ4v) is 10.4. The topological polar surface area (TPSA) is 0 Å². The van der Waals surface area contributed by atoms with Gasteiger partial charge in [-0.1, -0.05) is 26.2 Å². The van der Waals surface area contributed by atoms with Crippen molar-refractivity contribution in [2.24, 2.45) is 23.7 Å². The molecule has 6 unspecified atom stereocenters. The summed E-state index contributed by atoms with van der Waals surface area (Å²) in [6, 6.07) is 0. The third-order valence-corrected chi connectivity index (χ3v) is 20.5. The summed E-state index contributed by atoms with van der Waals surface area (Å²) >= 11 is -0.253. The normalized spacial score (nSPS) is 35.6. The maximum Gasteiger partial charge on any atom is 0.0307 e. The minimum Gasteiger partial charge on any atom is -1.00 e. The number of hydrogen-bond acceptors (Lipinski definition) is 0. The Hall–Kier alpha value is 0.857. The Morgan fingerprint density at radius 3 is 1.44 bits per heavy atom. The zero-order valence-electron chi connectivity index (χ0n) is 17.4. The van der Waals surface area contributed by atoms with E-state index in [0.29, 0.717) is 9.04 Å². The molecule has 150 valence electrons. The Morgan fingerprint density at radius 1 is 0.704 bits per heavy atom. The molecule has 0 N–H and O–H groups in total. The van der Waals surface area contributed by atoms with E-state index < -0.39 is 7.59 Å². The van der Waals surface area contributed by atoms with E-state index in [-0.39, 0.29) is 48.0 Å². The van der Waals surface area contributed by atoms with Gasteiger partial charge in [-0.25, -0.2) is 0 Å². The Balaban J connectivity index is 0.000000403. The van der Waals surface area contributed by atoms with E-state index in [1.807, 2.05) is 0 Å². The second kappa shape index (κ2) is 11.9. The predicted molar refractivity (Wildman–Crippen MR) is 114 cm³/mol. The molecule has 5 heteroatoms. The van der Waals surface area contributed by atoms with E-state index in [9.17, 15) is 0 Å². The fourth-order valence-electron chi connectivity index (χ4n) is 4.58. The van der Waals surface area contributed by atoms with E-state index in [1.165, 1.54) is 25.7 Å². The van der Waals surface area contributed by atoms with Gasteiger partial charge in [0.15, 0.2) is 0 Å². The third-order valence-electron chi connectivity index (χ3n) is 6.63. The van der Waals surface area contributed by atoms with E-state index in [0.717, 1.165) is 30.9 Å². The van der Waals surface area contributed by atoms with Crippen molar-refractivity contribution in [3.63, 3.8) is 0 Å². The summed E-state index contributed by atoms with van der Waals surface area (Å²) in [7, 11) is -0.101. The molecule has 27 heavy (non-hydrogen) atoms. The van der Waals surface area contributed by atoms with Gasteiger partial charge in [-0.15, -0.1) is 0 Å². The molecule has 0 spiro atoms. The largest absolute Gasteiger partial charge is 1.00 e. The molecular formula is C22H36Cl2Si2Zr. The Bertz CT molecular complexity index is 523. The van der Waals surface area contributed by atoms with Crippen LogP contribution < -0.4 is 24.8 Å². The number of allylic oxidation sites excluding steroid dienone is 8. The second-order valence-electron chi connectivity index (χ2n) is 9.47. The van der Waals surface area contributed by atoms with Crippen LogP contribution in [0.1, 0.15) is 25.7 Å². The number of hydrogen-bond donors (Lipinski definition) is 0. The van der Waals surface area contributed by atoms with Gasteiger partial charge >= 0.3 is 128 Å². The van der Waals surface area contributed by atoms with Gasteiger partial charge in [0.25, 0.3) is 0 Å². The van der Waals surface area contributed by atoms with Crippen LogP contribution in [0.15, 0.2) is 48.6 Å². The molecule has 4 aliphatic rings. The molecule has 0 aromatic rings. The maximum atomic E-state index is 2.53. The van der Waals surface area contributed by atoms with Gasteiger partial charge in [0.2, 0.25) is 0 Å². The van der Waals surface area contributed by atoms with Crippen molar-refractivity contribution in [2.45, 2.75) is 59.1 Å². The van der Waals surface area contributed by atoms with Gasteiger partial charge in [-0.05, 0) is 0 Å². The van der Waals surface area contributed by atoms with Crippen LogP contribution in [-0.4, -0.2) is 16.6 Å². The first kappa shape index (κ1) is 25.9. The van der Waals surface area contributed by atoms with Gasteiger partial charge in [-0.3, -0.25) is 0 Å². The van der Waals surface area contributed by atoms with Crippen LogP contribution in [0.3, 0.4) is 0 Å². The SMILES string of the molecule is C1=CC2CC[CH]([Zr+2][CH]3CCC4C=CC=CC43)C2C=C1.C[SiH2][Si](C)(C)C.[Cl-].[Cl-]. The van der Waals surface area contributed by atoms with Gasteiger partial charge in [0.1, 0.15) is 0 Å². The van der Waals surface area contributed by atoms with Crippen LogP contribution in [0.2, 0.25) is 33.4 Å². The van der Waals surface area contributed by atoms with E-state index in [4.69, 9.17) is 0 Å². The molecule has 0 aliphatic heterocycles. The van der Waals surface area contributed by atoms with Crippen LogP contribution in [-0.2, 0) is 23.2 Å². The van der Waals surface area contributed by atoms with Crippen molar-refractivity contribution in [3.8, 4) is 0 Å². The molecule has 0 nitrogen and oxygen atoms in total. The quantitative estimate of drug-likeness (QED) is 0.462. The van der Waals surface area contributed by atoms with E-state index >= 15 is 0 Å². The summed E-state index contributed by atoms with van der Waals surface area (Å²) in [6.07, 6.45) is 25.2. The van der Waals surface area contributed by atoms with Crippen LogP contribution in [0.5, 0.6) is 0 Å². The zero-order chi connectivity index (χ0) is 17.9. The Morgan fingerprint density at radius 2 is 1.07 bits per heavy atom. The molecule has 0 saturated heterocycles. The third kappa shape index (κ3) is 7.25. The minimum atomic E-state index is -0.492. The summed E-state index contributed by atoms with van der Waals surface area (Å²) in [5, 5.41) is 0. The average Bonchev–Trinajstić information content (AvgIpc) is 3.20. The average molecular weight is 519 g/mol.